The zero-order chi connectivity index (χ0) is 26.5. The van der Waals surface area contributed by atoms with E-state index in [9.17, 15) is 14.4 Å². The van der Waals surface area contributed by atoms with Crippen molar-refractivity contribution >= 4 is 34.2 Å². The van der Waals surface area contributed by atoms with E-state index in [4.69, 9.17) is 0 Å². The number of carbonyl (C=O) groups is 3. The normalized spacial score (nSPS) is 13.3. The first-order chi connectivity index (χ1) is 17.8. The molecule has 3 aromatic carbocycles. The Hall–Kier alpha value is -3.67. The van der Waals surface area contributed by atoms with Crippen LogP contribution in [0.15, 0.2) is 60.7 Å². The lowest BCUT2D eigenvalue weighted by Crippen LogP contribution is -2.49. The molecular weight excluding hydrogens is 462 g/mol. The summed E-state index contributed by atoms with van der Waals surface area (Å²) in [6.45, 7) is 9.47. The number of anilines is 1. The van der Waals surface area contributed by atoms with Crippen molar-refractivity contribution in [2.75, 3.05) is 18.0 Å². The third-order valence-corrected chi connectivity index (χ3v) is 6.93. The molecule has 6 heteroatoms. The van der Waals surface area contributed by atoms with E-state index < -0.39 is 6.04 Å². The van der Waals surface area contributed by atoms with E-state index in [-0.39, 0.29) is 24.1 Å². The standard InChI is InChI=1S/C31H37N3O3/c1-5-26(30(36)32-19-21(2)3)34(20-23-11-6-10-22(4)18-23)28(35)16-9-17-33-27-15-8-13-24-12-7-14-25(29(24)27)31(33)37/h6-8,10-15,18,21,26H,5,9,16-17,19-20H2,1-4H3,(H,32,36)/t26-/m0/s1. The van der Waals surface area contributed by atoms with Gasteiger partial charge in [0.05, 0.1) is 5.69 Å². The largest absolute Gasteiger partial charge is 0.354 e. The number of amides is 3. The van der Waals surface area contributed by atoms with Crippen molar-refractivity contribution in [2.24, 2.45) is 5.92 Å². The van der Waals surface area contributed by atoms with Gasteiger partial charge in [0, 0.05) is 37.0 Å². The molecule has 194 valence electrons. The van der Waals surface area contributed by atoms with Gasteiger partial charge in [0.15, 0.2) is 0 Å². The summed E-state index contributed by atoms with van der Waals surface area (Å²) in [5.41, 5.74) is 3.74. The van der Waals surface area contributed by atoms with E-state index in [1.165, 1.54) is 0 Å². The van der Waals surface area contributed by atoms with Crippen molar-refractivity contribution in [3.8, 4) is 0 Å². The number of hydrogen-bond donors (Lipinski definition) is 1. The van der Waals surface area contributed by atoms with Crippen molar-refractivity contribution in [1.82, 2.24) is 10.2 Å². The molecule has 6 nitrogen and oxygen atoms in total. The van der Waals surface area contributed by atoms with Crippen LogP contribution >= 0.6 is 0 Å². The van der Waals surface area contributed by atoms with Gasteiger partial charge >= 0.3 is 0 Å². The Morgan fingerprint density at radius 3 is 2.46 bits per heavy atom. The smallest absolute Gasteiger partial charge is 0.258 e. The van der Waals surface area contributed by atoms with E-state index in [1.54, 1.807) is 9.80 Å². The molecule has 3 amide bonds. The fourth-order valence-corrected chi connectivity index (χ4v) is 5.08. The second-order valence-corrected chi connectivity index (χ2v) is 10.3. The third-order valence-electron chi connectivity index (χ3n) is 6.93. The highest BCUT2D eigenvalue weighted by molar-refractivity contribution is 6.25. The molecule has 3 aromatic rings. The molecule has 1 atom stereocenters. The van der Waals surface area contributed by atoms with E-state index in [2.05, 4.69) is 25.2 Å². The zero-order valence-electron chi connectivity index (χ0n) is 22.3. The van der Waals surface area contributed by atoms with Gasteiger partial charge in [-0.2, -0.15) is 0 Å². The lowest BCUT2D eigenvalue weighted by molar-refractivity contribution is -0.141. The molecule has 0 spiro atoms. The summed E-state index contributed by atoms with van der Waals surface area (Å²) in [6, 6.07) is 19.2. The Morgan fingerprint density at radius 1 is 1.03 bits per heavy atom. The average molecular weight is 500 g/mol. The Labute approximate surface area is 219 Å². The lowest BCUT2D eigenvalue weighted by atomic mass is 10.1. The lowest BCUT2D eigenvalue weighted by Gasteiger charge is -2.31. The van der Waals surface area contributed by atoms with Crippen LogP contribution in [0.25, 0.3) is 10.8 Å². The number of rotatable bonds is 11. The van der Waals surface area contributed by atoms with E-state index in [1.807, 2.05) is 68.4 Å². The van der Waals surface area contributed by atoms with Crippen molar-refractivity contribution in [2.45, 2.75) is 59.5 Å². The van der Waals surface area contributed by atoms with Gasteiger partial charge in [-0.05, 0) is 48.8 Å². The molecule has 37 heavy (non-hydrogen) atoms. The summed E-state index contributed by atoms with van der Waals surface area (Å²) in [5, 5.41) is 5.04. The molecule has 1 aliphatic heterocycles. The van der Waals surface area contributed by atoms with Gasteiger partial charge in [0.25, 0.3) is 5.91 Å². The summed E-state index contributed by atoms with van der Waals surface area (Å²) >= 11 is 0. The second-order valence-electron chi connectivity index (χ2n) is 10.3. The number of hydrogen-bond acceptors (Lipinski definition) is 3. The van der Waals surface area contributed by atoms with Crippen LogP contribution in [0.2, 0.25) is 0 Å². The molecule has 1 heterocycles. The monoisotopic (exact) mass is 499 g/mol. The van der Waals surface area contributed by atoms with Gasteiger partial charge in [-0.3, -0.25) is 14.4 Å². The molecule has 0 radical (unpaired) electrons. The Bertz CT molecular complexity index is 1290. The molecule has 0 aromatic heterocycles. The van der Waals surface area contributed by atoms with Crippen LogP contribution in [-0.4, -0.2) is 41.8 Å². The summed E-state index contributed by atoms with van der Waals surface area (Å²) in [6.07, 6.45) is 1.31. The quantitative estimate of drug-likeness (QED) is 0.380. The molecule has 1 N–H and O–H groups in total. The van der Waals surface area contributed by atoms with Gasteiger partial charge in [0.1, 0.15) is 6.04 Å². The molecule has 0 saturated heterocycles. The Morgan fingerprint density at radius 2 is 1.76 bits per heavy atom. The maximum Gasteiger partial charge on any atom is 0.258 e. The molecule has 0 saturated carbocycles. The highest BCUT2D eigenvalue weighted by Gasteiger charge is 2.31. The van der Waals surface area contributed by atoms with E-state index in [0.717, 1.165) is 27.6 Å². The molecule has 0 fully saturated rings. The topological polar surface area (TPSA) is 69.7 Å². The third kappa shape index (κ3) is 5.85. The second kappa shape index (κ2) is 11.6. The van der Waals surface area contributed by atoms with Crippen LogP contribution in [0.1, 0.15) is 61.5 Å². The highest BCUT2D eigenvalue weighted by atomic mass is 16.2. The van der Waals surface area contributed by atoms with Crippen LogP contribution in [0, 0.1) is 12.8 Å². The number of benzene rings is 3. The van der Waals surface area contributed by atoms with Crippen LogP contribution in [0.5, 0.6) is 0 Å². The minimum Gasteiger partial charge on any atom is -0.354 e. The maximum absolute atomic E-state index is 13.6. The first-order valence-corrected chi connectivity index (χ1v) is 13.3. The van der Waals surface area contributed by atoms with Gasteiger partial charge in [-0.15, -0.1) is 0 Å². The predicted molar refractivity (Wildman–Crippen MR) is 149 cm³/mol. The molecular formula is C31H37N3O3. The number of aryl methyl sites for hydroxylation is 1. The highest BCUT2D eigenvalue weighted by Crippen LogP contribution is 2.37. The van der Waals surface area contributed by atoms with Crippen LogP contribution in [0.4, 0.5) is 5.69 Å². The Balaban J connectivity index is 1.48. The molecule has 0 unspecified atom stereocenters. The fourth-order valence-electron chi connectivity index (χ4n) is 5.08. The van der Waals surface area contributed by atoms with Crippen molar-refractivity contribution in [3.63, 3.8) is 0 Å². The average Bonchev–Trinajstić information content (AvgIpc) is 3.15. The molecule has 1 aliphatic rings. The Kier molecular flexibility index (Phi) is 8.27. The first-order valence-electron chi connectivity index (χ1n) is 13.3. The summed E-state index contributed by atoms with van der Waals surface area (Å²) < 4.78 is 0. The first kappa shape index (κ1) is 26.4. The molecule has 0 bridgehead atoms. The maximum atomic E-state index is 13.6. The van der Waals surface area contributed by atoms with Crippen LogP contribution in [-0.2, 0) is 16.1 Å². The van der Waals surface area contributed by atoms with Gasteiger partial charge in [0.2, 0.25) is 11.8 Å². The van der Waals surface area contributed by atoms with Crippen molar-refractivity contribution in [1.29, 1.82) is 0 Å². The van der Waals surface area contributed by atoms with Gasteiger partial charge in [-0.1, -0.05) is 74.9 Å². The molecule has 4 rings (SSSR count). The zero-order valence-corrected chi connectivity index (χ0v) is 22.3. The van der Waals surface area contributed by atoms with E-state index in [0.29, 0.717) is 44.0 Å². The van der Waals surface area contributed by atoms with Crippen molar-refractivity contribution in [3.05, 3.63) is 77.4 Å². The van der Waals surface area contributed by atoms with E-state index >= 15 is 0 Å². The summed E-state index contributed by atoms with van der Waals surface area (Å²) in [4.78, 5) is 43.3. The summed E-state index contributed by atoms with van der Waals surface area (Å²) in [7, 11) is 0. The minimum atomic E-state index is -0.543. The number of nitrogens with zero attached hydrogens (tertiary/aromatic N) is 2. The minimum absolute atomic E-state index is 0.0182. The fraction of sp³-hybridized carbons (Fsp3) is 0.387. The van der Waals surface area contributed by atoms with Crippen molar-refractivity contribution < 1.29 is 14.4 Å². The van der Waals surface area contributed by atoms with Crippen LogP contribution < -0.4 is 10.2 Å². The molecule has 0 aliphatic carbocycles. The number of carbonyl (C=O) groups excluding carboxylic acids is 3. The SMILES string of the molecule is CC[C@@H](C(=O)NCC(C)C)N(Cc1cccc(C)c1)C(=O)CCCN1C(=O)c2cccc3cccc1c23. The number of nitrogens with one attached hydrogen (secondary N) is 1. The van der Waals surface area contributed by atoms with Gasteiger partial charge < -0.3 is 15.1 Å². The van der Waals surface area contributed by atoms with Crippen LogP contribution in [0.3, 0.4) is 0 Å². The van der Waals surface area contributed by atoms with Gasteiger partial charge in [-0.25, -0.2) is 0 Å². The predicted octanol–water partition coefficient (Wildman–Crippen LogP) is 5.47. The summed E-state index contributed by atoms with van der Waals surface area (Å²) in [5.74, 6) is 0.119.